The average Bonchev–Trinajstić information content (AvgIpc) is 2.43. The number of Topliss-reactive ketones (excluding diaryl/α,β-unsaturated/α-hetero) is 1. The number of phenols is 3. The van der Waals surface area contributed by atoms with Crippen molar-refractivity contribution < 1.29 is 33.3 Å². The highest BCUT2D eigenvalue weighted by molar-refractivity contribution is 6.01. The summed E-state index contributed by atoms with van der Waals surface area (Å²) >= 11 is 0. The van der Waals surface area contributed by atoms with Crippen molar-refractivity contribution >= 4 is 5.78 Å². The van der Waals surface area contributed by atoms with Crippen molar-refractivity contribution in [3.63, 3.8) is 0 Å². The van der Waals surface area contributed by atoms with Crippen molar-refractivity contribution in [2.45, 2.75) is 25.9 Å². The van der Waals surface area contributed by atoms with Gasteiger partial charge in [-0.05, 0) is 25.0 Å². The predicted octanol–water partition coefficient (Wildman–Crippen LogP) is 3.95. The fourth-order valence-corrected chi connectivity index (χ4v) is 2.43. The van der Waals surface area contributed by atoms with Crippen LogP contribution in [0.5, 0.6) is 17.2 Å². The van der Waals surface area contributed by atoms with Gasteiger partial charge in [0.25, 0.3) is 0 Å². The van der Waals surface area contributed by atoms with E-state index >= 15 is 0 Å². The first-order chi connectivity index (χ1) is 11.1. The lowest BCUT2D eigenvalue weighted by molar-refractivity contribution is -0.138. The monoisotopic (exact) mass is 340 g/mol. The van der Waals surface area contributed by atoms with Gasteiger partial charge in [0.2, 0.25) is 0 Å². The molecule has 2 rings (SSSR count). The minimum absolute atomic E-state index is 0.0424. The molecule has 0 atom stereocenters. The minimum Gasteiger partial charge on any atom is -0.508 e. The third-order valence-electron chi connectivity index (χ3n) is 3.55. The standard InChI is InChI=1S/C17H15F3O4/c1-9-2-3-10(12(6-9)17(18,19)20)4-5-13(22)16-14(23)7-11(21)8-15(16)24/h2-3,6-8,21,23-24H,4-5H2,1H3. The summed E-state index contributed by atoms with van der Waals surface area (Å²) in [5.74, 6) is -2.41. The third-order valence-corrected chi connectivity index (χ3v) is 3.55. The largest absolute Gasteiger partial charge is 0.508 e. The van der Waals surface area contributed by atoms with Crippen molar-refractivity contribution in [2.75, 3.05) is 0 Å². The van der Waals surface area contributed by atoms with Gasteiger partial charge in [0.15, 0.2) is 5.78 Å². The molecule has 2 aromatic carbocycles. The van der Waals surface area contributed by atoms with Gasteiger partial charge in [0.05, 0.1) is 5.56 Å². The predicted molar refractivity (Wildman–Crippen MR) is 80.3 cm³/mol. The number of alkyl halides is 3. The van der Waals surface area contributed by atoms with Crippen LogP contribution in [-0.4, -0.2) is 21.1 Å². The molecule has 128 valence electrons. The Morgan fingerprint density at radius 2 is 1.62 bits per heavy atom. The summed E-state index contributed by atoms with van der Waals surface area (Å²) in [6.45, 7) is 1.54. The van der Waals surface area contributed by atoms with Gasteiger partial charge in [0, 0.05) is 18.6 Å². The second kappa shape index (κ2) is 6.43. The Labute approximate surface area is 135 Å². The maximum atomic E-state index is 13.1. The van der Waals surface area contributed by atoms with E-state index in [2.05, 4.69) is 0 Å². The first-order valence-corrected chi connectivity index (χ1v) is 7.04. The lowest BCUT2D eigenvalue weighted by Gasteiger charge is -2.14. The Kier molecular flexibility index (Phi) is 4.73. The van der Waals surface area contributed by atoms with Crippen molar-refractivity contribution in [3.8, 4) is 17.2 Å². The molecule has 0 spiro atoms. The molecule has 0 unspecified atom stereocenters. The second-order valence-electron chi connectivity index (χ2n) is 5.44. The van der Waals surface area contributed by atoms with Crippen LogP contribution in [0.3, 0.4) is 0 Å². The molecular weight excluding hydrogens is 325 g/mol. The zero-order chi connectivity index (χ0) is 18.1. The molecular formula is C17H15F3O4. The summed E-state index contributed by atoms with van der Waals surface area (Å²) in [7, 11) is 0. The fraction of sp³-hybridized carbons (Fsp3) is 0.235. The van der Waals surface area contributed by atoms with Gasteiger partial charge in [-0.1, -0.05) is 17.7 Å². The molecule has 0 bridgehead atoms. The SMILES string of the molecule is Cc1ccc(CCC(=O)c2c(O)cc(O)cc2O)c(C(F)(F)F)c1. The molecule has 4 nitrogen and oxygen atoms in total. The van der Waals surface area contributed by atoms with E-state index < -0.39 is 40.3 Å². The molecule has 0 saturated carbocycles. The second-order valence-corrected chi connectivity index (χ2v) is 5.44. The van der Waals surface area contributed by atoms with Crippen LogP contribution in [0.15, 0.2) is 30.3 Å². The zero-order valence-corrected chi connectivity index (χ0v) is 12.7. The van der Waals surface area contributed by atoms with Crippen LogP contribution in [-0.2, 0) is 12.6 Å². The Hall–Kier alpha value is -2.70. The Balaban J connectivity index is 2.25. The smallest absolute Gasteiger partial charge is 0.416 e. The number of carbonyl (C=O) groups excluding carboxylic acids is 1. The molecule has 0 aliphatic rings. The van der Waals surface area contributed by atoms with Crippen LogP contribution in [0.2, 0.25) is 0 Å². The molecule has 0 saturated heterocycles. The van der Waals surface area contributed by atoms with Crippen LogP contribution >= 0.6 is 0 Å². The molecule has 0 aliphatic heterocycles. The number of aryl methyl sites for hydroxylation is 2. The van der Waals surface area contributed by atoms with Crippen LogP contribution in [0.1, 0.15) is 33.5 Å². The highest BCUT2D eigenvalue weighted by Gasteiger charge is 2.33. The first kappa shape index (κ1) is 17.7. The summed E-state index contributed by atoms with van der Waals surface area (Å²) < 4.78 is 39.2. The molecule has 0 amide bonds. The van der Waals surface area contributed by atoms with Gasteiger partial charge in [-0.25, -0.2) is 0 Å². The van der Waals surface area contributed by atoms with Crippen molar-refractivity contribution in [2.24, 2.45) is 0 Å². The number of aromatic hydroxyl groups is 3. The van der Waals surface area contributed by atoms with Gasteiger partial charge in [-0.3, -0.25) is 4.79 Å². The van der Waals surface area contributed by atoms with Crippen molar-refractivity contribution in [3.05, 3.63) is 52.6 Å². The molecule has 0 fully saturated rings. The molecule has 7 heteroatoms. The van der Waals surface area contributed by atoms with E-state index in [1.54, 1.807) is 0 Å². The van der Waals surface area contributed by atoms with E-state index in [1.807, 2.05) is 0 Å². The van der Waals surface area contributed by atoms with E-state index in [0.717, 1.165) is 18.2 Å². The molecule has 3 N–H and O–H groups in total. The number of hydrogen-bond acceptors (Lipinski definition) is 4. The number of benzene rings is 2. The number of phenolic OH excluding ortho intramolecular Hbond substituents is 3. The molecule has 2 aromatic rings. The third kappa shape index (κ3) is 3.79. The summed E-state index contributed by atoms with van der Waals surface area (Å²) in [6, 6.07) is 5.59. The molecule has 24 heavy (non-hydrogen) atoms. The van der Waals surface area contributed by atoms with E-state index in [0.29, 0.717) is 5.56 Å². The summed E-state index contributed by atoms with van der Waals surface area (Å²) in [6.07, 6.45) is -5.07. The molecule has 0 heterocycles. The van der Waals surface area contributed by atoms with Crippen molar-refractivity contribution in [1.82, 2.24) is 0 Å². The van der Waals surface area contributed by atoms with E-state index in [9.17, 15) is 33.3 Å². The lowest BCUT2D eigenvalue weighted by atomic mass is 9.96. The van der Waals surface area contributed by atoms with Crippen LogP contribution < -0.4 is 0 Å². The lowest BCUT2D eigenvalue weighted by Crippen LogP contribution is -2.11. The number of halogens is 3. The number of hydrogen-bond donors (Lipinski definition) is 3. The maximum absolute atomic E-state index is 13.1. The zero-order valence-electron chi connectivity index (χ0n) is 12.7. The number of carbonyl (C=O) groups is 1. The highest BCUT2D eigenvalue weighted by Crippen LogP contribution is 2.35. The molecule has 0 aromatic heterocycles. The number of rotatable bonds is 4. The minimum atomic E-state index is -4.53. The Morgan fingerprint density at radius 3 is 2.17 bits per heavy atom. The van der Waals surface area contributed by atoms with Gasteiger partial charge < -0.3 is 15.3 Å². The van der Waals surface area contributed by atoms with Gasteiger partial charge in [-0.2, -0.15) is 13.2 Å². The van der Waals surface area contributed by atoms with Crippen molar-refractivity contribution in [1.29, 1.82) is 0 Å². The van der Waals surface area contributed by atoms with E-state index in [-0.39, 0.29) is 18.4 Å². The van der Waals surface area contributed by atoms with Crippen LogP contribution in [0, 0.1) is 6.92 Å². The Bertz CT molecular complexity index is 759. The summed E-state index contributed by atoms with van der Waals surface area (Å²) in [4.78, 5) is 12.1. The van der Waals surface area contributed by atoms with Crippen LogP contribution in [0.25, 0.3) is 0 Å². The van der Waals surface area contributed by atoms with Gasteiger partial charge in [-0.15, -0.1) is 0 Å². The topological polar surface area (TPSA) is 77.8 Å². The highest BCUT2D eigenvalue weighted by atomic mass is 19.4. The van der Waals surface area contributed by atoms with E-state index in [1.165, 1.54) is 19.1 Å². The van der Waals surface area contributed by atoms with Crippen LogP contribution in [0.4, 0.5) is 13.2 Å². The number of ketones is 1. The normalized spacial score (nSPS) is 11.5. The van der Waals surface area contributed by atoms with Gasteiger partial charge in [0.1, 0.15) is 22.8 Å². The average molecular weight is 340 g/mol. The molecule has 0 radical (unpaired) electrons. The Morgan fingerprint density at radius 1 is 1.04 bits per heavy atom. The first-order valence-electron chi connectivity index (χ1n) is 7.04. The summed E-state index contributed by atoms with van der Waals surface area (Å²) in [5, 5.41) is 28.5. The summed E-state index contributed by atoms with van der Waals surface area (Å²) in [5.41, 5.74) is -0.826. The van der Waals surface area contributed by atoms with E-state index in [4.69, 9.17) is 0 Å². The quantitative estimate of drug-likeness (QED) is 0.737. The maximum Gasteiger partial charge on any atom is 0.416 e. The molecule has 0 aliphatic carbocycles. The fourth-order valence-electron chi connectivity index (χ4n) is 2.43. The van der Waals surface area contributed by atoms with Gasteiger partial charge >= 0.3 is 6.18 Å².